The van der Waals surface area contributed by atoms with Gasteiger partial charge in [0.2, 0.25) is 0 Å². The summed E-state index contributed by atoms with van der Waals surface area (Å²) in [7, 11) is 0. The zero-order valence-corrected chi connectivity index (χ0v) is 13.6. The van der Waals surface area contributed by atoms with E-state index in [9.17, 15) is 13.6 Å². The van der Waals surface area contributed by atoms with Gasteiger partial charge < -0.3 is 10.3 Å². The van der Waals surface area contributed by atoms with E-state index in [0.717, 1.165) is 28.7 Å². The van der Waals surface area contributed by atoms with Crippen LogP contribution in [-0.4, -0.2) is 26.1 Å². The van der Waals surface area contributed by atoms with Crippen molar-refractivity contribution in [2.24, 2.45) is 0 Å². The maximum atomic E-state index is 13.8. The highest BCUT2D eigenvalue weighted by atomic mass is 19.1. The summed E-state index contributed by atoms with van der Waals surface area (Å²) in [5.74, 6) is -2.36. The number of halogens is 2. The number of imidazole rings is 1. The van der Waals surface area contributed by atoms with E-state index in [2.05, 4.69) is 25.5 Å². The van der Waals surface area contributed by atoms with Gasteiger partial charge >= 0.3 is 0 Å². The number of carbonyl (C=O) groups excluding carboxylic acids is 1. The average molecular weight is 353 g/mol. The van der Waals surface area contributed by atoms with Gasteiger partial charge in [0, 0.05) is 6.20 Å². The third-order valence-electron chi connectivity index (χ3n) is 3.94. The zero-order chi connectivity index (χ0) is 18.3. The Morgan fingerprint density at radius 1 is 1.15 bits per heavy atom. The van der Waals surface area contributed by atoms with Gasteiger partial charge in [-0.15, -0.1) is 0 Å². The number of aromatic nitrogens is 4. The molecule has 3 N–H and O–H groups in total. The summed E-state index contributed by atoms with van der Waals surface area (Å²) < 4.78 is 27.6. The molecular formula is C18H13F2N5O. The van der Waals surface area contributed by atoms with Crippen LogP contribution < -0.4 is 5.32 Å². The summed E-state index contributed by atoms with van der Waals surface area (Å²) in [6, 6.07) is 8.99. The lowest BCUT2D eigenvalue weighted by Crippen LogP contribution is -2.16. The molecule has 2 aromatic carbocycles. The van der Waals surface area contributed by atoms with Crippen LogP contribution in [0.2, 0.25) is 0 Å². The molecule has 0 aliphatic heterocycles. The average Bonchev–Trinajstić information content (AvgIpc) is 3.20. The number of nitrogens with one attached hydrogen (secondary N) is 3. The van der Waals surface area contributed by atoms with Crippen molar-refractivity contribution in [2.45, 2.75) is 6.92 Å². The topological polar surface area (TPSA) is 86.5 Å². The Balaban J connectivity index is 1.69. The normalized spacial score (nSPS) is 11.0. The first kappa shape index (κ1) is 15.9. The first-order chi connectivity index (χ1) is 12.5. The lowest BCUT2D eigenvalue weighted by molar-refractivity contribution is 0.101. The monoisotopic (exact) mass is 353 g/mol. The Morgan fingerprint density at radius 3 is 2.69 bits per heavy atom. The quantitative estimate of drug-likeness (QED) is 0.524. The van der Waals surface area contributed by atoms with Gasteiger partial charge in [-0.05, 0) is 36.8 Å². The fraction of sp³-hybridized carbons (Fsp3) is 0.0556. The number of hydrogen-bond donors (Lipinski definition) is 3. The van der Waals surface area contributed by atoms with Crippen molar-refractivity contribution in [3.8, 4) is 11.5 Å². The maximum absolute atomic E-state index is 13.8. The van der Waals surface area contributed by atoms with Crippen LogP contribution >= 0.6 is 0 Å². The van der Waals surface area contributed by atoms with Crippen LogP contribution in [0.15, 0.2) is 42.6 Å². The lowest BCUT2D eigenvalue weighted by atomic mass is 10.2. The molecule has 0 saturated carbocycles. The summed E-state index contributed by atoms with van der Waals surface area (Å²) >= 11 is 0. The van der Waals surface area contributed by atoms with Crippen LogP contribution in [0.5, 0.6) is 0 Å². The van der Waals surface area contributed by atoms with Gasteiger partial charge in [-0.1, -0.05) is 12.1 Å². The van der Waals surface area contributed by atoms with Gasteiger partial charge in [-0.2, -0.15) is 5.10 Å². The predicted molar refractivity (Wildman–Crippen MR) is 92.7 cm³/mol. The van der Waals surface area contributed by atoms with E-state index in [1.807, 2.05) is 25.1 Å². The van der Waals surface area contributed by atoms with Crippen molar-refractivity contribution in [3.63, 3.8) is 0 Å². The second-order valence-corrected chi connectivity index (χ2v) is 5.80. The predicted octanol–water partition coefficient (Wildman–Crippen LogP) is 3.79. The molecule has 0 atom stereocenters. The smallest absolute Gasteiger partial charge is 0.261 e. The number of fused-ring (bicyclic) bond motifs is 1. The molecule has 0 saturated heterocycles. The minimum absolute atomic E-state index is 0.258. The Morgan fingerprint density at radius 2 is 1.92 bits per heavy atom. The number of aryl methyl sites for hydroxylation is 1. The van der Waals surface area contributed by atoms with Crippen LogP contribution in [0.1, 0.15) is 15.9 Å². The van der Waals surface area contributed by atoms with Crippen molar-refractivity contribution in [1.29, 1.82) is 0 Å². The van der Waals surface area contributed by atoms with Gasteiger partial charge in [0.15, 0.2) is 11.5 Å². The standard InChI is InChI=1S/C18H13F2N5O/c1-9-5-6-12-13(7-9)23-17(22-12)16-14(8-21-25-16)24-18(26)15-10(19)3-2-4-11(15)20/h2-8H,1H3,(H,21,25)(H,22,23)(H,24,26). The van der Waals surface area contributed by atoms with E-state index in [4.69, 9.17) is 0 Å². The first-order valence-electron chi connectivity index (χ1n) is 7.79. The number of carbonyl (C=O) groups is 1. The van der Waals surface area contributed by atoms with Crippen LogP contribution in [0.25, 0.3) is 22.6 Å². The highest BCUT2D eigenvalue weighted by Gasteiger charge is 2.20. The molecule has 0 bridgehead atoms. The van der Waals surface area contributed by atoms with E-state index < -0.39 is 23.1 Å². The number of amides is 1. The van der Waals surface area contributed by atoms with Gasteiger partial charge in [0.1, 0.15) is 17.2 Å². The van der Waals surface area contributed by atoms with Crippen molar-refractivity contribution >= 4 is 22.6 Å². The molecule has 2 aromatic heterocycles. The van der Waals surface area contributed by atoms with Crippen LogP contribution in [0, 0.1) is 18.6 Å². The minimum Gasteiger partial charge on any atom is -0.337 e. The van der Waals surface area contributed by atoms with E-state index >= 15 is 0 Å². The summed E-state index contributed by atoms with van der Waals surface area (Å²) in [5.41, 5.74) is 2.56. The fourth-order valence-corrected chi connectivity index (χ4v) is 2.69. The third kappa shape index (κ3) is 2.71. The molecule has 0 aliphatic carbocycles. The highest BCUT2D eigenvalue weighted by molar-refractivity contribution is 6.06. The fourth-order valence-electron chi connectivity index (χ4n) is 2.69. The van der Waals surface area contributed by atoms with Crippen LogP contribution in [0.4, 0.5) is 14.5 Å². The molecule has 6 nitrogen and oxygen atoms in total. The number of anilines is 1. The van der Waals surface area contributed by atoms with E-state index in [-0.39, 0.29) is 5.69 Å². The van der Waals surface area contributed by atoms with E-state index in [0.29, 0.717) is 11.5 Å². The first-order valence-corrected chi connectivity index (χ1v) is 7.79. The third-order valence-corrected chi connectivity index (χ3v) is 3.94. The molecule has 4 aromatic rings. The number of nitrogens with zero attached hydrogens (tertiary/aromatic N) is 2. The van der Waals surface area contributed by atoms with Gasteiger partial charge in [-0.25, -0.2) is 13.8 Å². The molecule has 8 heteroatoms. The van der Waals surface area contributed by atoms with E-state index in [1.54, 1.807) is 0 Å². The largest absolute Gasteiger partial charge is 0.337 e. The molecule has 130 valence electrons. The number of hydrogen-bond acceptors (Lipinski definition) is 3. The number of rotatable bonds is 3. The molecule has 0 spiro atoms. The second-order valence-electron chi connectivity index (χ2n) is 5.80. The molecular weight excluding hydrogens is 340 g/mol. The second kappa shape index (κ2) is 6.07. The van der Waals surface area contributed by atoms with Gasteiger partial charge in [0.25, 0.3) is 5.91 Å². The van der Waals surface area contributed by atoms with Crippen molar-refractivity contribution < 1.29 is 13.6 Å². The maximum Gasteiger partial charge on any atom is 0.261 e. The summed E-state index contributed by atoms with van der Waals surface area (Å²) in [5, 5.41) is 9.17. The SMILES string of the molecule is Cc1ccc2[nH]c(-c3n[nH]cc3NC(=O)c3c(F)cccc3F)nc2c1. The van der Waals surface area contributed by atoms with Gasteiger partial charge in [0.05, 0.1) is 16.7 Å². The molecule has 0 aliphatic rings. The summed E-state index contributed by atoms with van der Waals surface area (Å²) in [6.07, 6.45) is 1.42. The Hall–Kier alpha value is -3.55. The number of aromatic amines is 2. The Bertz CT molecular complexity index is 1110. The lowest BCUT2D eigenvalue weighted by Gasteiger charge is -2.06. The number of H-pyrrole nitrogens is 2. The molecule has 0 radical (unpaired) electrons. The van der Waals surface area contributed by atoms with Gasteiger partial charge in [-0.3, -0.25) is 9.89 Å². The Labute approximate surface area is 146 Å². The zero-order valence-electron chi connectivity index (χ0n) is 13.6. The van der Waals surface area contributed by atoms with Crippen LogP contribution in [-0.2, 0) is 0 Å². The molecule has 1 amide bonds. The minimum atomic E-state index is -0.938. The summed E-state index contributed by atoms with van der Waals surface area (Å²) in [4.78, 5) is 19.9. The van der Waals surface area contributed by atoms with Crippen molar-refractivity contribution in [3.05, 3.63) is 65.4 Å². The molecule has 4 rings (SSSR count). The van der Waals surface area contributed by atoms with Crippen LogP contribution in [0.3, 0.4) is 0 Å². The van der Waals surface area contributed by atoms with Crippen molar-refractivity contribution in [2.75, 3.05) is 5.32 Å². The Kier molecular flexibility index (Phi) is 3.72. The van der Waals surface area contributed by atoms with E-state index in [1.165, 1.54) is 12.3 Å². The molecule has 0 unspecified atom stereocenters. The molecule has 26 heavy (non-hydrogen) atoms. The highest BCUT2D eigenvalue weighted by Crippen LogP contribution is 2.26. The summed E-state index contributed by atoms with van der Waals surface area (Å²) in [6.45, 7) is 1.96. The molecule has 2 heterocycles. The van der Waals surface area contributed by atoms with Crippen molar-refractivity contribution in [1.82, 2.24) is 20.2 Å². The molecule has 0 fully saturated rings. The number of benzene rings is 2.